The lowest BCUT2D eigenvalue weighted by molar-refractivity contribution is -0.132. The van der Waals surface area contributed by atoms with Gasteiger partial charge < -0.3 is 13.7 Å². The molecule has 0 unspecified atom stereocenters. The van der Waals surface area contributed by atoms with Crippen molar-refractivity contribution in [1.82, 2.24) is 14.8 Å². The fourth-order valence-corrected chi connectivity index (χ4v) is 5.21. The van der Waals surface area contributed by atoms with Gasteiger partial charge in [-0.15, -0.1) is 0 Å². The second-order valence-electron chi connectivity index (χ2n) is 9.82. The summed E-state index contributed by atoms with van der Waals surface area (Å²) in [5, 5.41) is 1.95. The average molecular weight is 488 g/mol. The van der Waals surface area contributed by atoms with Crippen LogP contribution in [0.15, 0.2) is 44.1 Å². The first-order chi connectivity index (χ1) is 17.3. The molecule has 0 saturated carbocycles. The van der Waals surface area contributed by atoms with Crippen molar-refractivity contribution in [1.29, 1.82) is 0 Å². The van der Waals surface area contributed by atoms with Gasteiger partial charge in [-0.25, -0.2) is 4.79 Å². The van der Waals surface area contributed by atoms with Gasteiger partial charge in [-0.05, 0) is 63.4 Å². The molecule has 5 rings (SSSR count). The van der Waals surface area contributed by atoms with Crippen molar-refractivity contribution in [2.24, 2.45) is 0 Å². The number of benzene rings is 1. The van der Waals surface area contributed by atoms with Crippen LogP contribution in [0.3, 0.4) is 0 Å². The lowest BCUT2D eigenvalue weighted by atomic mass is 9.98. The van der Waals surface area contributed by atoms with Crippen LogP contribution in [0.2, 0.25) is 0 Å². The van der Waals surface area contributed by atoms with Crippen molar-refractivity contribution in [3.63, 3.8) is 0 Å². The van der Waals surface area contributed by atoms with Gasteiger partial charge in [0.15, 0.2) is 0 Å². The molecule has 0 atom stereocenters. The van der Waals surface area contributed by atoms with Crippen molar-refractivity contribution in [3.05, 3.63) is 74.6 Å². The van der Waals surface area contributed by atoms with E-state index in [2.05, 4.69) is 16.0 Å². The maximum Gasteiger partial charge on any atom is 0.339 e. The van der Waals surface area contributed by atoms with Crippen molar-refractivity contribution >= 4 is 27.8 Å². The van der Waals surface area contributed by atoms with Gasteiger partial charge >= 0.3 is 5.63 Å². The predicted octanol–water partition coefficient (Wildman–Crippen LogP) is 4.49. The minimum absolute atomic E-state index is 0.0891. The Bertz CT molecular complexity index is 1480. The third-order valence-corrected chi connectivity index (χ3v) is 7.67. The summed E-state index contributed by atoms with van der Waals surface area (Å²) in [5.74, 6) is 0.956. The van der Waals surface area contributed by atoms with Gasteiger partial charge in [0.05, 0.1) is 0 Å². The topological polar surface area (TPSA) is 79.8 Å². The smallest absolute Gasteiger partial charge is 0.339 e. The lowest BCUT2D eigenvalue weighted by Crippen LogP contribution is -2.49. The van der Waals surface area contributed by atoms with Gasteiger partial charge in [0, 0.05) is 79.4 Å². The van der Waals surface area contributed by atoms with Crippen LogP contribution in [0.1, 0.15) is 40.1 Å². The molecule has 1 aliphatic heterocycles. The fourth-order valence-electron chi connectivity index (χ4n) is 5.21. The highest BCUT2D eigenvalue weighted by Crippen LogP contribution is 2.34. The molecular weight excluding hydrogens is 454 g/mol. The maximum atomic E-state index is 13.0. The van der Waals surface area contributed by atoms with E-state index in [4.69, 9.17) is 8.83 Å². The Hall–Kier alpha value is -3.45. The molecule has 1 aromatic carbocycles. The summed E-state index contributed by atoms with van der Waals surface area (Å²) >= 11 is 0. The highest BCUT2D eigenvalue weighted by atomic mass is 16.4. The molecule has 4 heterocycles. The highest BCUT2D eigenvalue weighted by Gasteiger charge is 2.23. The number of nitrogens with zero attached hydrogens (tertiary/aromatic N) is 3. The van der Waals surface area contributed by atoms with E-state index in [1.807, 2.05) is 57.0 Å². The van der Waals surface area contributed by atoms with Crippen LogP contribution in [0.4, 0.5) is 0 Å². The second-order valence-corrected chi connectivity index (χ2v) is 9.82. The summed E-state index contributed by atoms with van der Waals surface area (Å²) in [6.07, 6.45) is 3.42. The Morgan fingerprint density at radius 3 is 2.36 bits per heavy atom. The molecule has 0 aliphatic carbocycles. The monoisotopic (exact) mass is 487 g/mol. The molecule has 1 fully saturated rings. The van der Waals surface area contributed by atoms with Crippen LogP contribution in [-0.2, 0) is 17.6 Å². The first-order valence-corrected chi connectivity index (χ1v) is 12.7. The molecule has 0 radical (unpaired) electrons. The third-order valence-electron chi connectivity index (χ3n) is 7.67. The molecule has 7 heteroatoms. The van der Waals surface area contributed by atoms with E-state index in [-0.39, 0.29) is 11.5 Å². The van der Waals surface area contributed by atoms with Gasteiger partial charge in [0.25, 0.3) is 0 Å². The summed E-state index contributed by atoms with van der Waals surface area (Å²) < 4.78 is 11.7. The van der Waals surface area contributed by atoms with E-state index in [1.54, 1.807) is 0 Å². The number of carbonyl (C=O) groups is 1. The standard InChI is InChI=1S/C29H33N3O4/c1-18-21(4)35-27-20(3)28-25(17-24(18)27)19(2)23(29(34)36-28)8-9-26(33)32-15-13-31(14-16-32)12-10-22-7-5-6-11-30-22/h5-7,11,17H,8-10,12-16H2,1-4H3. The zero-order valence-corrected chi connectivity index (χ0v) is 21.5. The quantitative estimate of drug-likeness (QED) is 0.373. The number of hydrogen-bond acceptors (Lipinski definition) is 6. The van der Waals surface area contributed by atoms with E-state index in [1.165, 1.54) is 0 Å². The van der Waals surface area contributed by atoms with Gasteiger partial charge in [-0.1, -0.05) is 6.07 Å². The molecule has 1 saturated heterocycles. The van der Waals surface area contributed by atoms with E-state index in [0.29, 0.717) is 37.1 Å². The number of rotatable bonds is 6. The van der Waals surface area contributed by atoms with Crippen LogP contribution < -0.4 is 5.63 Å². The largest absolute Gasteiger partial charge is 0.461 e. The number of pyridine rings is 1. The summed E-state index contributed by atoms with van der Waals surface area (Å²) in [5.41, 5.74) is 5.46. The van der Waals surface area contributed by atoms with Gasteiger partial charge in [0.1, 0.15) is 16.9 Å². The summed E-state index contributed by atoms with van der Waals surface area (Å²) in [7, 11) is 0. The normalized spacial score (nSPS) is 14.7. The number of furan rings is 1. The van der Waals surface area contributed by atoms with Crippen LogP contribution >= 0.6 is 0 Å². The third kappa shape index (κ3) is 4.55. The van der Waals surface area contributed by atoms with Crippen molar-refractivity contribution in [3.8, 4) is 0 Å². The Balaban J connectivity index is 1.25. The molecule has 3 aromatic heterocycles. The molecule has 188 valence electrons. The molecule has 1 amide bonds. The van der Waals surface area contributed by atoms with Gasteiger partial charge in [-0.3, -0.25) is 14.7 Å². The minimum atomic E-state index is -0.366. The van der Waals surface area contributed by atoms with Crippen LogP contribution in [0.25, 0.3) is 21.9 Å². The average Bonchev–Trinajstić information content (AvgIpc) is 3.18. The molecule has 0 spiro atoms. The van der Waals surface area contributed by atoms with Crippen LogP contribution in [0.5, 0.6) is 0 Å². The number of piperazine rings is 1. The Labute approximate surface area is 210 Å². The Morgan fingerprint density at radius 1 is 0.917 bits per heavy atom. The Kier molecular flexibility index (Phi) is 6.67. The number of hydrogen-bond donors (Lipinski definition) is 0. The second kappa shape index (κ2) is 9.90. The van der Waals surface area contributed by atoms with Gasteiger partial charge in [-0.2, -0.15) is 0 Å². The molecule has 4 aromatic rings. The molecule has 36 heavy (non-hydrogen) atoms. The first kappa shape index (κ1) is 24.3. The zero-order valence-electron chi connectivity index (χ0n) is 21.5. The molecule has 7 nitrogen and oxygen atoms in total. The molecule has 1 aliphatic rings. The number of aryl methyl sites for hydroxylation is 4. The van der Waals surface area contributed by atoms with E-state index < -0.39 is 0 Å². The number of fused-ring (bicyclic) bond motifs is 2. The molecule has 0 N–H and O–H groups in total. The lowest BCUT2D eigenvalue weighted by Gasteiger charge is -2.34. The van der Waals surface area contributed by atoms with Crippen LogP contribution in [0, 0.1) is 27.7 Å². The Morgan fingerprint density at radius 2 is 1.64 bits per heavy atom. The number of aromatic nitrogens is 1. The molecular formula is C29H33N3O4. The fraction of sp³-hybridized carbons (Fsp3) is 0.414. The summed E-state index contributed by atoms with van der Waals surface area (Å²) in [6.45, 7) is 11.9. The number of carbonyl (C=O) groups excluding carboxylic acids is 1. The maximum absolute atomic E-state index is 13.0. The van der Waals surface area contributed by atoms with Crippen LogP contribution in [-0.4, -0.2) is 53.4 Å². The molecule has 0 bridgehead atoms. The first-order valence-electron chi connectivity index (χ1n) is 12.7. The van der Waals surface area contributed by atoms with Gasteiger partial charge in [0.2, 0.25) is 5.91 Å². The van der Waals surface area contributed by atoms with E-state index in [0.717, 1.165) is 70.6 Å². The predicted molar refractivity (Wildman–Crippen MR) is 140 cm³/mol. The zero-order chi connectivity index (χ0) is 25.4. The van der Waals surface area contributed by atoms with Crippen molar-refractivity contribution < 1.29 is 13.6 Å². The minimum Gasteiger partial charge on any atom is -0.461 e. The summed E-state index contributed by atoms with van der Waals surface area (Å²) in [6, 6.07) is 8.04. The SMILES string of the molecule is Cc1oc2c(C)c3oc(=O)c(CCC(=O)N4CCN(CCc5ccccn5)CC4)c(C)c3cc2c1C. The van der Waals surface area contributed by atoms with E-state index >= 15 is 0 Å². The van der Waals surface area contributed by atoms with Crippen molar-refractivity contribution in [2.45, 2.75) is 47.0 Å². The highest BCUT2D eigenvalue weighted by molar-refractivity contribution is 6.00. The summed E-state index contributed by atoms with van der Waals surface area (Å²) in [4.78, 5) is 34.6. The number of amides is 1. The van der Waals surface area contributed by atoms with E-state index in [9.17, 15) is 9.59 Å². The van der Waals surface area contributed by atoms with Crippen molar-refractivity contribution in [2.75, 3.05) is 32.7 Å².